The van der Waals surface area contributed by atoms with Crippen molar-refractivity contribution in [2.45, 2.75) is 32.0 Å². The molecule has 1 aromatic carbocycles. The van der Waals surface area contributed by atoms with Crippen LogP contribution in [0.3, 0.4) is 0 Å². The summed E-state index contributed by atoms with van der Waals surface area (Å²) in [6.07, 6.45) is -1.64. The molecular formula is C18H18F3N3O3S. The number of hydrogen-bond acceptors (Lipinski definition) is 5. The average molecular weight is 413 g/mol. The van der Waals surface area contributed by atoms with Crippen LogP contribution < -0.4 is 10.1 Å². The zero-order valence-electron chi connectivity index (χ0n) is 14.8. The standard InChI is InChI=1S/C18H18F3N3O3S/c19-18(20,21)27-12-3-4-13-14(9-12)28-17(22-13)23-15(25)10-5-7-24(8-6-10)16(26)11-1-2-11/h3-4,9-11H,1-2,5-8H2,(H,22,23,25). The number of alkyl halides is 3. The van der Waals surface area contributed by atoms with E-state index in [9.17, 15) is 22.8 Å². The number of nitrogens with zero attached hydrogens (tertiary/aromatic N) is 2. The van der Waals surface area contributed by atoms with Gasteiger partial charge in [0.25, 0.3) is 0 Å². The van der Waals surface area contributed by atoms with Crippen molar-refractivity contribution in [1.29, 1.82) is 0 Å². The Labute approximate surface area is 162 Å². The fourth-order valence-electron chi connectivity index (χ4n) is 3.31. The summed E-state index contributed by atoms with van der Waals surface area (Å²) in [5.74, 6) is -0.334. The van der Waals surface area contributed by atoms with Crippen molar-refractivity contribution in [3.8, 4) is 5.75 Å². The maximum absolute atomic E-state index is 12.5. The van der Waals surface area contributed by atoms with Crippen molar-refractivity contribution >= 4 is 38.5 Å². The Hall–Kier alpha value is -2.36. The lowest BCUT2D eigenvalue weighted by Gasteiger charge is -2.31. The Morgan fingerprint density at radius 2 is 1.86 bits per heavy atom. The molecule has 28 heavy (non-hydrogen) atoms. The monoisotopic (exact) mass is 413 g/mol. The highest BCUT2D eigenvalue weighted by Crippen LogP contribution is 2.34. The highest BCUT2D eigenvalue weighted by molar-refractivity contribution is 7.22. The van der Waals surface area contributed by atoms with Gasteiger partial charge in [0.15, 0.2) is 5.13 Å². The third-order valence-corrected chi connectivity index (χ3v) is 5.86. The number of amides is 2. The molecule has 150 valence electrons. The van der Waals surface area contributed by atoms with E-state index in [0.717, 1.165) is 24.2 Å². The smallest absolute Gasteiger partial charge is 0.406 e. The summed E-state index contributed by atoms with van der Waals surface area (Å²) < 4.78 is 41.4. The zero-order chi connectivity index (χ0) is 19.9. The minimum Gasteiger partial charge on any atom is -0.406 e. The molecular weight excluding hydrogens is 395 g/mol. The molecule has 1 saturated heterocycles. The van der Waals surface area contributed by atoms with Crippen LogP contribution in [-0.4, -0.2) is 41.2 Å². The van der Waals surface area contributed by atoms with Crippen molar-refractivity contribution < 1.29 is 27.5 Å². The first-order valence-corrected chi connectivity index (χ1v) is 9.86. The number of halogens is 3. The molecule has 1 aliphatic heterocycles. The van der Waals surface area contributed by atoms with E-state index < -0.39 is 6.36 Å². The third-order valence-electron chi connectivity index (χ3n) is 4.93. The number of likely N-dealkylation sites (tertiary alicyclic amines) is 1. The minimum absolute atomic E-state index is 0.177. The second-order valence-electron chi connectivity index (χ2n) is 7.06. The average Bonchev–Trinajstić information content (AvgIpc) is 3.40. The van der Waals surface area contributed by atoms with E-state index in [0.29, 0.717) is 41.3 Å². The van der Waals surface area contributed by atoms with Crippen molar-refractivity contribution in [2.24, 2.45) is 11.8 Å². The summed E-state index contributed by atoms with van der Waals surface area (Å²) >= 11 is 1.09. The van der Waals surface area contributed by atoms with Crippen LogP contribution in [0.4, 0.5) is 18.3 Å². The van der Waals surface area contributed by atoms with Crippen LogP contribution in [0.2, 0.25) is 0 Å². The van der Waals surface area contributed by atoms with Crippen LogP contribution in [0, 0.1) is 11.8 Å². The van der Waals surface area contributed by atoms with E-state index in [2.05, 4.69) is 15.0 Å². The maximum atomic E-state index is 12.5. The summed E-state index contributed by atoms with van der Waals surface area (Å²) in [6, 6.07) is 3.86. The molecule has 0 atom stereocenters. The van der Waals surface area contributed by atoms with Crippen LogP contribution >= 0.6 is 11.3 Å². The van der Waals surface area contributed by atoms with E-state index in [4.69, 9.17) is 0 Å². The number of carbonyl (C=O) groups excluding carboxylic acids is 2. The largest absolute Gasteiger partial charge is 0.573 e. The van der Waals surface area contributed by atoms with E-state index >= 15 is 0 Å². The topological polar surface area (TPSA) is 71.5 Å². The first-order valence-electron chi connectivity index (χ1n) is 9.04. The molecule has 2 aliphatic rings. The van der Waals surface area contributed by atoms with Crippen molar-refractivity contribution in [3.63, 3.8) is 0 Å². The summed E-state index contributed by atoms with van der Waals surface area (Å²) in [5, 5.41) is 3.08. The van der Waals surface area contributed by atoms with Gasteiger partial charge < -0.3 is 15.0 Å². The molecule has 2 amide bonds. The summed E-state index contributed by atoms with van der Waals surface area (Å²) in [6.45, 7) is 1.15. The van der Waals surface area contributed by atoms with Crippen LogP contribution in [0.15, 0.2) is 18.2 Å². The zero-order valence-corrected chi connectivity index (χ0v) is 15.6. The molecule has 4 rings (SSSR count). The van der Waals surface area contributed by atoms with Crippen LogP contribution in [0.5, 0.6) is 5.75 Å². The lowest BCUT2D eigenvalue weighted by Crippen LogP contribution is -2.42. The molecule has 0 radical (unpaired) electrons. The Kier molecular flexibility index (Phi) is 4.90. The summed E-state index contributed by atoms with van der Waals surface area (Å²) in [7, 11) is 0. The van der Waals surface area contributed by atoms with Crippen molar-refractivity contribution in [1.82, 2.24) is 9.88 Å². The Bertz CT molecular complexity index is 902. The number of aromatic nitrogens is 1. The number of anilines is 1. The summed E-state index contributed by atoms with van der Waals surface area (Å²) in [4.78, 5) is 30.7. The quantitative estimate of drug-likeness (QED) is 0.828. The normalized spacial score (nSPS) is 18.3. The van der Waals surface area contributed by atoms with Gasteiger partial charge >= 0.3 is 6.36 Å². The molecule has 1 N–H and O–H groups in total. The molecule has 1 aliphatic carbocycles. The van der Waals surface area contributed by atoms with Gasteiger partial charge in [0.1, 0.15) is 5.75 Å². The second-order valence-corrected chi connectivity index (χ2v) is 8.09. The van der Waals surface area contributed by atoms with Gasteiger partial charge in [0, 0.05) is 31.0 Å². The molecule has 0 spiro atoms. The highest BCUT2D eigenvalue weighted by Gasteiger charge is 2.36. The van der Waals surface area contributed by atoms with Gasteiger partial charge in [-0.05, 0) is 37.8 Å². The number of rotatable bonds is 4. The number of hydrogen-bond donors (Lipinski definition) is 1. The molecule has 1 aromatic heterocycles. The fraction of sp³-hybridized carbons (Fsp3) is 0.500. The van der Waals surface area contributed by atoms with E-state index in [1.165, 1.54) is 18.2 Å². The highest BCUT2D eigenvalue weighted by atomic mass is 32.1. The van der Waals surface area contributed by atoms with Gasteiger partial charge in [-0.2, -0.15) is 0 Å². The number of nitrogens with one attached hydrogen (secondary N) is 1. The molecule has 2 heterocycles. The molecule has 0 unspecified atom stereocenters. The van der Waals surface area contributed by atoms with Gasteiger partial charge in [-0.25, -0.2) is 4.98 Å². The number of fused-ring (bicyclic) bond motifs is 1. The Morgan fingerprint density at radius 1 is 1.14 bits per heavy atom. The van der Waals surface area contributed by atoms with Crippen LogP contribution in [0.25, 0.3) is 10.2 Å². The van der Waals surface area contributed by atoms with Crippen molar-refractivity contribution in [3.05, 3.63) is 18.2 Å². The molecule has 0 bridgehead atoms. The number of carbonyl (C=O) groups is 2. The van der Waals surface area contributed by atoms with Gasteiger partial charge in [0.05, 0.1) is 10.2 Å². The molecule has 2 aromatic rings. The Morgan fingerprint density at radius 3 is 2.50 bits per heavy atom. The lowest BCUT2D eigenvalue weighted by atomic mass is 9.95. The third kappa shape index (κ3) is 4.37. The Balaban J connectivity index is 1.36. The number of ether oxygens (including phenoxy) is 1. The molecule has 10 heteroatoms. The van der Waals surface area contributed by atoms with Crippen LogP contribution in [-0.2, 0) is 9.59 Å². The first-order chi connectivity index (χ1) is 13.3. The maximum Gasteiger partial charge on any atom is 0.573 e. The van der Waals surface area contributed by atoms with Gasteiger partial charge in [-0.1, -0.05) is 11.3 Å². The SMILES string of the molecule is O=C(Nc1nc2ccc(OC(F)(F)F)cc2s1)C1CCN(C(=O)C2CC2)CC1. The molecule has 1 saturated carbocycles. The summed E-state index contributed by atoms with van der Waals surface area (Å²) in [5.41, 5.74) is 0.486. The second kappa shape index (κ2) is 7.23. The van der Waals surface area contributed by atoms with Gasteiger partial charge in [0.2, 0.25) is 11.8 Å². The van der Waals surface area contributed by atoms with E-state index in [1.807, 2.05) is 4.90 Å². The predicted molar refractivity (Wildman–Crippen MR) is 97.0 cm³/mol. The number of piperidine rings is 1. The fourth-order valence-corrected chi connectivity index (χ4v) is 4.21. The minimum atomic E-state index is -4.76. The molecule has 6 nitrogen and oxygen atoms in total. The molecule has 2 fully saturated rings. The first kappa shape index (κ1) is 19.0. The van der Waals surface area contributed by atoms with Crippen LogP contribution in [0.1, 0.15) is 25.7 Å². The number of benzene rings is 1. The predicted octanol–water partition coefficient (Wildman–Crippen LogP) is 3.78. The van der Waals surface area contributed by atoms with E-state index in [-0.39, 0.29) is 29.4 Å². The van der Waals surface area contributed by atoms with Gasteiger partial charge in [-0.3, -0.25) is 9.59 Å². The van der Waals surface area contributed by atoms with Gasteiger partial charge in [-0.15, -0.1) is 13.2 Å². The van der Waals surface area contributed by atoms with Crippen molar-refractivity contribution in [2.75, 3.05) is 18.4 Å². The van der Waals surface area contributed by atoms with E-state index in [1.54, 1.807) is 0 Å². The number of thiazole rings is 1. The lowest BCUT2D eigenvalue weighted by molar-refractivity contribution is -0.274.